The number of nitrogens with one attached hydrogen (secondary N) is 2. The van der Waals surface area contributed by atoms with Gasteiger partial charge < -0.3 is 10.1 Å². The largest absolute Gasteiger partial charge is 0.453 e. The Morgan fingerprint density at radius 3 is 2.22 bits per heavy atom. The van der Waals surface area contributed by atoms with Crippen molar-refractivity contribution in [1.29, 1.82) is 0 Å². The van der Waals surface area contributed by atoms with Gasteiger partial charge in [0, 0.05) is 5.41 Å². The van der Waals surface area contributed by atoms with Crippen molar-refractivity contribution in [1.82, 2.24) is 15.5 Å². The fourth-order valence-corrected chi connectivity index (χ4v) is 6.73. The highest BCUT2D eigenvalue weighted by Crippen LogP contribution is 2.61. The third-order valence-electron chi connectivity index (χ3n) is 6.55. The summed E-state index contributed by atoms with van der Waals surface area (Å²) in [6, 6.07) is -0.677. The summed E-state index contributed by atoms with van der Waals surface area (Å²) >= 11 is 1.51. The van der Waals surface area contributed by atoms with Crippen LogP contribution in [0.3, 0.4) is 0 Å². The number of aromatic nitrogens is 2. The first-order chi connectivity index (χ1) is 12.9. The van der Waals surface area contributed by atoms with E-state index in [0.717, 1.165) is 22.8 Å². The average Bonchev–Trinajstić information content (AvgIpc) is 3.07. The molecule has 4 aliphatic rings. The molecule has 4 aliphatic carbocycles. The average molecular weight is 393 g/mol. The van der Waals surface area contributed by atoms with Crippen molar-refractivity contribution >= 4 is 28.5 Å². The lowest BCUT2D eigenvalue weighted by atomic mass is 9.50. The molecule has 0 spiro atoms. The first-order valence-electron chi connectivity index (χ1n) is 9.88. The number of rotatable bonds is 5. The van der Waals surface area contributed by atoms with Crippen LogP contribution in [0, 0.1) is 23.7 Å². The maximum absolute atomic E-state index is 12.6. The molecular formula is C19H28N4O3S. The first-order valence-corrected chi connectivity index (χ1v) is 10.7. The second kappa shape index (κ2) is 7.04. The van der Waals surface area contributed by atoms with Crippen molar-refractivity contribution in [3.8, 4) is 0 Å². The van der Waals surface area contributed by atoms with E-state index in [1.54, 1.807) is 0 Å². The third-order valence-corrected chi connectivity index (χ3v) is 7.64. The van der Waals surface area contributed by atoms with Crippen LogP contribution in [0.15, 0.2) is 0 Å². The van der Waals surface area contributed by atoms with Crippen LogP contribution < -0.4 is 10.6 Å². The highest BCUT2D eigenvalue weighted by Gasteiger charge is 2.53. The van der Waals surface area contributed by atoms with Crippen molar-refractivity contribution in [2.24, 2.45) is 23.7 Å². The molecule has 4 saturated carbocycles. The standard InChI is InChI=1S/C19H28N4O3S/c1-10(2)14(20-18(25)26-3)15(24)21-17-23-22-16(27-17)19-7-11-4-12(8-19)6-13(5-11)9-19/h10-14H,4-9H2,1-3H3,(H,20,25)(H,21,23,24). The lowest BCUT2D eigenvalue weighted by molar-refractivity contribution is -0.119. The number of hydrogen-bond acceptors (Lipinski definition) is 6. The van der Waals surface area contributed by atoms with E-state index in [4.69, 9.17) is 0 Å². The molecule has 1 aromatic rings. The van der Waals surface area contributed by atoms with Gasteiger partial charge in [0.2, 0.25) is 11.0 Å². The Labute approximate surface area is 163 Å². The Morgan fingerprint density at radius 1 is 1.11 bits per heavy atom. The van der Waals surface area contributed by atoms with E-state index >= 15 is 0 Å². The van der Waals surface area contributed by atoms with Crippen LogP contribution in [0.1, 0.15) is 57.4 Å². The van der Waals surface area contributed by atoms with Crippen LogP contribution in [-0.4, -0.2) is 35.3 Å². The van der Waals surface area contributed by atoms with Gasteiger partial charge in [0.25, 0.3) is 0 Å². The molecule has 1 heterocycles. The van der Waals surface area contributed by atoms with Crippen LogP contribution in [0.2, 0.25) is 0 Å². The van der Waals surface area contributed by atoms with E-state index in [2.05, 4.69) is 25.6 Å². The van der Waals surface area contributed by atoms with Gasteiger partial charge in [-0.2, -0.15) is 0 Å². The van der Waals surface area contributed by atoms with Crippen LogP contribution in [0.4, 0.5) is 9.93 Å². The minimum atomic E-state index is -0.677. The number of nitrogens with zero attached hydrogens (tertiary/aromatic N) is 2. The number of alkyl carbamates (subject to hydrolysis) is 1. The highest BCUT2D eigenvalue weighted by atomic mass is 32.1. The molecule has 0 saturated heterocycles. The molecule has 1 unspecified atom stereocenters. The van der Waals surface area contributed by atoms with E-state index in [1.165, 1.54) is 57.0 Å². The Balaban J connectivity index is 1.46. The number of methoxy groups -OCH3 is 1. The zero-order valence-corrected chi connectivity index (χ0v) is 17.0. The molecule has 7 nitrogen and oxygen atoms in total. The quantitative estimate of drug-likeness (QED) is 0.802. The molecule has 0 radical (unpaired) electrons. The van der Waals surface area contributed by atoms with E-state index < -0.39 is 12.1 Å². The molecule has 4 bridgehead atoms. The van der Waals surface area contributed by atoms with Gasteiger partial charge in [-0.25, -0.2) is 4.79 Å². The van der Waals surface area contributed by atoms with Gasteiger partial charge in [-0.05, 0) is 62.2 Å². The fraction of sp³-hybridized carbons (Fsp3) is 0.789. The number of carbonyl (C=O) groups is 2. The molecular weight excluding hydrogens is 364 g/mol. The van der Waals surface area contributed by atoms with E-state index in [9.17, 15) is 9.59 Å². The molecule has 27 heavy (non-hydrogen) atoms. The van der Waals surface area contributed by atoms with Gasteiger partial charge in [-0.3, -0.25) is 10.1 Å². The molecule has 4 fully saturated rings. The van der Waals surface area contributed by atoms with Crippen LogP contribution in [-0.2, 0) is 14.9 Å². The summed E-state index contributed by atoms with van der Waals surface area (Å²) in [5.41, 5.74) is 0.178. The van der Waals surface area contributed by atoms with E-state index in [1.807, 2.05) is 13.8 Å². The zero-order valence-electron chi connectivity index (χ0n) is 16.2. The molecule has 2 N–H and O–H groups in total. The summed E-state index contributed by atoms with van der Waals surface area (Å²) in [4.78, 5) is 24.1. The SMILES string of the molecule is COC(=O)NC(C(=O)Nc1nnc(C23CC4CC(CC(C4)C2)C3)s1)C(C)C. The summed E-state index contributed by atoms with van der Waals surface area (Å²) in [5, 5.41) is 15.8. The monoisotopic (exact) mass is 392 g/mol. The molecule has 0 aromatic carbocycles. The minimum Gasteiger partial charge on any atom is -0.453 e. The zero-order chi connectivity index (χ0) is 19.2. The third kappa shape index (κ3) is 3.56. The summed E-state index contributed by atoms with van der Waals surface area (Å²) in [5.74, 6) is 2.16. The molecule has 5 rings (SSSR count). The van der Waals surface area contributed by atoms with Crippen molar-refractivity contribution in [2.45, 2.75) is 63.8 Å². The number of carbonyl (C=O) groups excluding carboxylic acids is 2. The van der Waals surface area contributed by atoms with Crippen molar-refractivity contribution < 1.29 is 14.3 Å². The summed E-state index contributed by atoms with van der Waals surface area (Å²) in [6.07, 6.45) is 7.21. The van der Waals surface area contributed by atoms with E-state index in [0.29, 0.717) is 5.13 Å². The Kier molecular flexibility index (Phi) is 4.86. The predicted octanol–water partition coefficient (Wildman–Crippen LogP) is 3.33. The summed E-state index contributed by atoms with van der Waals surface area (Å²) < 4.78 is 4.62. The predicted molar refractivity (Wildman–Crippen MR) is 103 cm³/mol. The van der Waals surface area contributed by atoms with E-state index in [-0.39, 0.29) is 17.2 Å². The van der Waals surface area contributed by atoms with Gasteiger partial charge in [0.05, 0.1) is 7.11 Å². The van der Waals surface area contributed by atoms with Gasteiger partial charge in [0.15, 0.2) is 0 Å². The molecule has 1 atom stereocenters. The molecule has 2 amide bonds. The van der Waals surface area contributed by atoms with Crippen molar-refractivity contribution in [3.63, 3.8) is 0 Å². The normalized spacial score (nSPS) is 32.4. The number of hydrogen-bond donors (Lipinski definition) is 2. The van der Waals surface area contributed by atoms with Crippen molar-refractivity contribution in [2.75, 3.05) is 12.4 Å². The number of amides is 2. The topological polar surface area (TPSA) is 93.2 Å². The maximum atomic E-state index is 12.6. The van der Waals surface area contributed by atoms with Crippen LogP contribution in [0.5, 0.6) is 0 Å². The van der Waals surface area contributed by atoms with Crippen molar-refractivity contribution in [3.05, 3.63) is 5.01 Å². The smallest absolute Gasteiger partial charge is 0.407 e. The fourth-order valence-electron chi connectivity index (χ4n) is 5.76. The molecule has 1 aromatic heterocycles. The minimum absolute atomic E-state index is 0.0698. The van der Waals surface area contributed by atoms with Crippen LogP contribution >= 0.6 is 11.3 Å². The summed E-state index contributed by atoms with van der Waals surface area (Å²) in [6.45, 7) is 3.75. The highest BCUT2D eigenvalue weighted by molar-refractivity contribution is 7.15. The lowest BCUT2D eigenvalue weighted by Gasteiger charge is -2.55. The molecule has 0 aliphatic heterocycles. The Morgan fingerprint density at radius 2 is 1.70 bits per heavy atom. The molecule has 8 heteroatoms. The van der Waals surface area contributed by atoms with Crippen LogP contribution in [0.25, 0.3) is 0 Å². The second-order valence-electron chi connectivity index (χ2n) is 8.96. The van der Waals surface area contributed by atoms with Gasteiger partial charge in [0.1, 0.15) is 11.0 Å². The molecule has 148 valence electrons. The Bertz CT molecular complexity index is 697. The van der Waals surface area contributed by atoms with Gasteiger partial charge in [-0.15, -0.1) is 10.2 Å². The maximum Gasteiger partial charge on any atom is 0.407 e. The van der Waals surface area contributed by atoms with Gasteiger partial charge in [-0.1, -0.05) is 25.2 Å². The lowest BCUT2D eigenvalue weighted by Crippen LogP contribution is -2.48. The second-order valence-corrected chi connectivity index (χ2v) is 9.93. The number of anilines is 1. The number of ether oxygens (including phenoxy) is 1. The van der Waals surface area contributed by atoms with Gasteiger partial charge >= 0.3 is 6.09 Å². The summed E-state index contributed by atoms with van der Waals surface area (Å²) in [7, 11) is 1.28. The first kappa shape index (κ1) is 18.7. The Hall–Kier alpha value is -1.70.